The predicted octanol–water partition coefficient (Wildman–Crippen LogP) is 2.68. The summed E-state index contributed by atoms with van der Waals surface area (Å²) in [5, 5.41) is 23.4. The maximum absolute atomic E-state index is 10.8. The van der Waals surface area contributed by atoms with Gasteiger partial charge in [0.15, 0.2) is 0 Å². The molecule has 0 bridgehead atoms. The molecule has 0 radical (unpaired) electrons. The summed E-state index contributed by atoms with van der Waals surface area (Å²) in [4.78, 5) is 10.4. The Morgan fingerprint density at radius 1 is 1.53 bits per heavy atom. The van der Waals surface area contributed by atoms with E-state index in [0.29, 0.717) is 10.7 Å². The van der Waals surface area contributed by atoms with Gasteiger partial charge in [-0.2, -0.15) is 0 Å². The minimum absolute atomic E-state index is 0.0477. The summed E-state index contributed by atoms with van der Waals surface area (Å²) in [6.45, 7) is 3.75. The van der Waals surface area contributed by atoms with Crippen molar-refractivity contribution in [1.82, 2.24) is 0 Å². The summed E-state index contributed by atoms with van der Waals surface area (Å²) in [5.74, 6) is 0.151. The van der Waals surface area contributed by atoms with E-state index in [1.165, 1.54) is 18.2 Å². The Labute approximate surface area is 105 Å². The van der Waals surface area contributed by atoms with Gasteiger partial charge in [-0.15, -0.1) is 0 Å². The highest BCUT2D eigenvalue weighted by Gasteiger charge is 2.19. The van der Waals surface area contributed by atoms with Crippen LogP contribution in [-0.4, -0.2) is 22.7 Å². The Morgan fingerprint density at radius 3 is 2.65 bits per heavy atom. The van der Waals surface area contributed by atoms with E-state index in [1.54, 1.807) is 0 Å². The number of nitro benzene ring substituents is 1. The zero-order valence-electron chi connectivity index (χ0n) is 9.68. The third-order valence-electron chi connectivity index (χ3n) is 2.50. The van der Waals surface area contributed by atoms with Crippen LogP contribution < -0.4 is 5.32 Å². The molecule has 5 nitrogen and oxygen atoms in total. The summed E-state index contributed by atoms with van der Waals surface area (Å²) in [7, 11) is 0. The Hall–Kier alpha value is -1.33. The summed E-state index contributed by atoms with van der Waals surface area (Å²) >= 11 is 5.80. The molecule has 0 heterocycles. The average molecular weight is 259 g/mol. The molecule has 0 spiro atoms. The fourth-order valence-electron chi connectivity index (χ4n) is 1.41. The quantitative estimate of drug-likeness (QED) is 0.629. The zero-order valence-corrected chi connectivity index (χ0v) is 10.4. The van der Waals surface area contributed by atoms with Gasteiger partial charge in [-0.05, 0) is 18.1 Å². The number of hydrogen-bond acceptors (Lipinski definition) is 4. The normalized spacial score (nSPS) is 12.5. The maximum Gasteiger partial charge on any atom is 0.292 e. The highest BCUT2D eigenvalue weighted by Crippen LogP contribution is 2.28. The van der Waals surface area contributed by atoms with Gasteiger partial charge in [0.05, 0.1) is 17.6 Å². The average Bonchev–Trinajstić information content (AvgIpc) is 2.25. The molecule has 0 saturated heterocycles. The van der Waals surface area contributed by atoms with Crippen molar-refractivity contribution in [3.05, 3.63) is 33.3 Å². The van der Waals surface area contributed by atoms with E-state index < -0.39 is 4.92 Å². The molecule has 6 heteroatoms. The van der Waals surface area contributed by atoms with Crippen LogP contribution in [0.4, 0.5) is 11.4 Å². The van der Waals surface area contributed by atoms with Gasteiger partial charge in [-0.25, -0.2) is 0 Å². The lowest BCUT2D eigenvalue weighted by atomic mass is 10.0. The number of anilines is 1. The van der Waals surface area contributed by atoms with Crippen LogP contribution in [0.1, 0.15) is 13.8 Å². The van der Waals surface area contributed by atoms with Crippen LogP contribution in [0.5, 0.6) is 0 Å². The molecule has 0 fully saturated rings. The summed E-state index contributed by atoms with van der Waals surface area (Å²) < 4.78 is 0. The van der Waals surface area contributed by atoms with Crippen molar-refractivity contribution < 1.29 is 10.0 Å². The van der Waals surface area contributed by atoms with Crippen LogP contribution in [0.25, 0.3) is 0 Å². The van der Waals surface area contributed by atoms with Gasteiger partial charge >= 0.3 is 0 Å². The molecule has 94 valence electrons. The van der Waals surface area contributed by atoms with Gasteiger partial charge in [-0.3, -0.25) is 10.1 Å². The Kier molecular flexibility index (Phi) is 4.72. The van der Waals surface area contributed by atoms with Crippen LogP contribution in [0.15, 0.2) is 18.2 Å². The first-order valence-electron chi connectivity index (χ1n) is 5.27. The molecule has 1 unspecified atom stereocenters. The van der Waals surface area contributed by atoms with Gasteiger partial charge < -0.3 is 10.4 Å². The number of nitro groups is 1. The first-order valence-corrected chi connectivity index (χ1v) is 5.64. The number of halogens is 1. The number of aliphatic hydroxyl groups excluding tert-OH is 1. The van der Waals surface area contributed by atoms with Crippen LogP contribution in [0, 0.1) is 16.0 Å². The van der Waals surface area contributed by atoms with E-state index in [-0.39, 0.29) is 24.3 Å². The number of aliphatic hydroxyl groups is 1. The van der Waals surface area contributed by atoms with E-state index in [2.05, 4.69) is 5.32 Å². The van der Waals surface area contributed by atoms with Gasteiger partial charge in [0, 0.05) is 11.1 Å². The third kappa shape index (κ3) is 3.57. The number of nitrogens with one attached hydrogen (secondary N) is 1. The van der Waals surface area contributed by atoms with Gasteiger partial charge in [-0.1, -0.05) is 25.4 Å². The standard InChI is InChI=1S/C11H15ClN2O3/c1-7(2)10(6-15)13-9-5-8(12)3-4-11(9)14(16)17/h3-5,7,10,13,15H,6H2,1-2H3. The summed E-state index contributed by atoms with van der Waals surface area (Å²) in [6, 6.07) is 4.06. The molecule has 0 amide bonds. The second-order valence-corrected chi connectivity index (χ2v) is 4.53. The molecule has 0 aliphatic heterocycles. The second kappa shape index (κ2) is 5.84. The molecule has 17 heavy (non-hydrogen) atoms. The molecule has 0 aliphatic carbocycles. The fourth-order valence-corrected chi connectivity index (χ4v) is 1.58. The number of rotatable bonds is 5. The third-order valence-corrected chi connectivity index (χ3v) is 2.73. The van der Waals surface area contributed by atoms with Crippen molar-refractivity contribution in [3.63, 3.8) is 0 Å². The Bertz CT molecular complexity index is 410. The van der Waals surface area contributed by atoms with E-state index >= 15 is 0 Å². The molecule has 1 atom stereocenters. The minimum Gasteiger partial charge on any atom is -0.394 e. The highest BCUT2D eigenvalue weighted by atomic mass is 35.5. The molecule has 0 saturated carbocycles. The molecule has 1 aromatic carbocycles. The van der Waals surface area contributed by atoms with E-state index in [9.17, 15) is 15.2 Å². The maximum atomic E-state index is 10.8. The Balaban J connectivity index is 3.03. The molecule has 2 N–H and O–H groups in total. The first kappa shape index (κ1) is 13.7. The largest absolute Gasteiger partial charge is 0.394 e. The molecule has 1 aromatic rings. The lowest BCUT2D eigenvalue weighted by molar-refractivity contribution is -0.384. The second-order valence-electron chi connectivity index (χ2n) is 4.10. The number of hydrogen-bond donors (Lipinski definition) is 2. The SMILES string of the molecule is CC(C)C(CO)Nc1cc(Cl)ccc1[N+](=O)[O-]. The number of nitrogens with zero attached hydrogens (tertiary/aromatic N) is 1. The van der Waals surface area contributed by atoms with Crippen molar-refractivity contribution in [2.24, 2.45) is 5.92 Å². The van der Waals surface area contributed by atoms with E-state index in [0.717, 1.165) is 0 Å². The summed E-state index contributed by atoms with van der Waals surface area (Å²) in [6.07, 6.45) is 0. The van der Waals surface area contributed by atoms with Crippen molar-refractivity contribution in [1.29, 1.82) is 0 Å². The van der Waals surface area contributed by atoms with Crippen molar-refractivity contribution in [3.8, 4) is 0 Å². The molecule has 0 aromatic heterocycles. The van der Waals surface area contributed by atoms with Crippen LogP contribution in [0.2, 0.25) is 5.02 Å². The van der Waals surface area contributed by atoms with Gasteiger partial charge in [0.2, 0.25) is 0 Å². The molecular formula is C11H15ClN2O3. The van der Waals surface area contributed by atoms with E-state index in [4.69, 9.17) is 11.6 Å². The summed E-state index contributed by atoms with van der Waals surface area (Å²) in [5.41, 5.74) is 0.281. The van der Waals surface area contributed by atoms with Crippen molar-refractivity contribution in [2.75, 3.05) is 11.9 Å². The number of benzene rings is 1. The smallest absolute Gasteiger partial charge is 0.292 e. The van der Waals surface area contributed by atoms with Crippen LogP contribution in [0.3, 0.4) is 0 Å². The predicted molar refractivity (Wildman–Crippen MR) is 67.4 cm³/mol. The molecule has 1 rings (SSSR count). The van der Waals surface area contributed by atoms with Gasteiger partial charge in [0.25, 0.3) is 5.69 Å². The fraction of sp³-hybridized carbons (Fsp3) is 0.455. The monoisotopic (exact) mass is 258 g/mol. The van der Waals surface area contributed by atoms with Crippen LogP contribution in [-0.2, 0) is 0 Å². The highest BCUT2D eigenvalue weighted by molar-refractivity contribution is 6.31. The Morgan fingerprint density at radius 2 is 2.18 bits per heavy atom. The zero-order chi connectivity index (χ0) is 13.0. The lowest BCUT2D eigenvalue weighted by Crippen LogP contribution is -2.29. The van der Waals surface area contributed by atoms with Crippen molar-refractivity contribution in [2.45, 2.75) is 19.9 Å². The van der Waals surface area contributed by atoms with Crippen LogP contribution >= 0.6 is 11.6 Å². The van der Waals surface area contributed by atoms with Gasteiger partial charge in [0.1, 0.15) is 5.69 Å². The minimum atomic E-state index is -0.479. The molecular weight excluding hydrogens is 244 g/mol. The lowest BCUT2D eigenvalue weighted by Gasteiger charge is -2.21. The first-order chi connectivity index (χ1) is 7.95. The molecule has 0 aliphatic rings. The van der Waals surface area contributed by atoms with E-state index in [1.807, 2.05) is 13.8 Å². The topological polar surface area (TPSA) is 75.4 Å². The van der Waals surface area contributed by atoms with Crippen molar-refractivity contribution >= 4 is 23.0 Å².